The molecular weight excluding hydrogens is 252 g/mol. The summed E-state index contributed by atoms with van der Waals surface area (Å²) in [6, 6.07) is 6.26. The Morgan fingerprint density at radius 1 is 1.33 bits per heavy atom. The van der Waals surface area contributed by atoms with Gasteiger partial charge in [0.1, 0.15) is 0 Å². The van der Waals surface area contributed by atoms with Crippen LogP contribution in [-0.4, -0.2) is 5.11 Å². The molecule has 1 N–H and O–H groups in total. The van der Waals surface area contributed by atoms with E-state index in [4.69, 9.17) is 0 Å². The molecule has 2 saturated carbocycles. The van der Waals surface area contributed by atoms with E-state index in [1.807, 2.05) is 0 Å². The molecule has 2 fully saturated rings. The van der Waals surface area contributed by atoms with Crippen LogP contribution in [0.4, 0.5) is 0 Å². The number of aliphatic hydroxyl groups is 1. The van der Waals surface area contributed by atoms with Gasteiger partial charge in [0.2, 0.25) is 0 Å². The van der Waals surface area contributed by atoms with Crippen LogP contribution in [0, 0.1) is 18.8 Å². The Labute approximate surface area is 98.6 Å². The van der Waals surface area contributed by atoms with E-state index in [-0.39, 0.29) is 0 Å². The summed E-state index contributed by atoms with van der Waals surface area (Å²) in [5, 5.41) is 10.6. The molecule has 3 rings (SSSR count). The summed E-state index contributed by atoms with van der Waals surface area (Å²) >= 11 is 3.53. The zero-order valence-electron chi connectivity index (χ0n) is 8.83. The van der Waals surface area contributed by atoms with Crippen molar-refractivity contribution in [2.45, 2.75) is 31.8 Å². The molecular formula is C13H15BrO. The molecule has 80 valence electrons. The maximum absolute atomic E-state index is 10.6. The van der Waals surface area contributed by atoms with Crippen molar-refractivity contribution in [2.24, 2.45) is 11.8 Å². The highest BCUT2D eigenvalue weighted by Crippen LogP contribution is 2.66. The molecule has 0 aliphatic heterocycles. The average Bonchev–Trinajstić information content (AvgIpc) is 2.66. The first-order valence-corrected chi connectivity index (χ1v) is 6.42. The van der Waals surface area contributed by atoms with E-state index in [2.05, 4.69) is 41.1 Å². The first-order chi connectivity index (χ1) is 7.14. The SMILES string of the molecule is Cc1ccc(C2(O)C3CCCC32)cc1Br. The second-order valence-electron chi connectivity index (χ2n) is 4.93. The van der Waals surface area contributed by atoms with Crippen molar-refractivity contribution in [3.05, 3.63) is 33.8 Å². The number of fused-ring (bicyclic) bond motifs is 1. The van der Waals surface area contributed by atoms with Gasteiger partial charge in [-0.1, -0.05) is 34.5 Å². The van der Waals surface area contributed by atoms with Crippen LogP contribution in [-0.2, 0) is 5.60 Å². The van der Waals surface area contributed by atoms with Gasteiger partial charge in [-0.15, -0.1) is 0 Å². The van der Waals surface area contributed by atoms with Crippen LogP contribution in [0.3, 0.4) is 0 Å². The van der Waals surface area contributed by atoms with Gasteiger partial charge in [0.05, 0.1) is 5.60 Å². The molecule has 2 aliphatic rings. The van der Waals surface area contributed by atoms with Crippen molar-refractivity contribution < 1.29 is 5.11 Å². The third-order valence-corrected chi connectivity index (χ3v) is 5.03. The summed E-state index contributed by atoms with van der Waals surface area (Å²) in [6.45, 7) is 2.08. The van der Waals surface area contributed by atoms with Crippen molar-refractivity contribution in [3.8, 4) is 0 Å². The first kappa shape index (κ1) is 9.86. The third kappa shape index (κ3) is 1.24. The smallest absolute Gasteiger partial charge is 0.0960 e. The summed E-state index contributed by atoms with van der Waals surface area (Å²) in [7, 11) is 0. The minimum Gasteiger partial charge on any atom is -0.385 e. The summed E-state index contributed by atoms with van der Waals surface area (Å²) in [5.41, 5.74) is 1.84. The normalized spacial score (nSPS) is 37.8. The Balaban J connectivity index is 1.97. The fourth-order valence-corrected chi connectivity index (χ4v) is 3.57. The van der Waals surface area contributed by atoms with Crippen LogP contribution in [0.1, 0.15) is 30.4 Å². The predicted molar refractivity (Wildman–Crippen MR) is 63.6 cm³/mol. The molecule has 0 bridgehead atoms. The lowest BCUT2D eigenvalue weighted by Crippen LogP contribution is -2.13. The van der Waals surface area contributed by atoms with Gasteiger partial charge in [-0.3, -0.25) is 0 Å². The zero-order valence-corrected chi connectivity index (χ0v) is 10.4. The third-order valence-electron chi connectivity index (χ3n) is 4.17. The van der Waals surface area contributed by atoms with Crippen molar-refractivity contribution in [1.29, 1.82) is 0 Å². The largest absolute Gasteiger partial charge is 0.385 e. The molecule has 0 saturated heterocycles. The Hall–Kier alpha value is -0.340. The Bertz CT molecular complexity index is 403. The molecule has 2 atom stereocenters. The van der Waals surface area contributed by atoms with Crippen LogP contribution in [0.15, 0.2) is 22.7 Å². The second kappa shape index (κ2) is 3.08. The van der Waals surface area contributed by atoms with Crippen molar-refractivity contribution in [1.82, 2.24) is 0 Å². The fourth-order valence-electron chi connectivity index (χ4n) is 3.19. The average molecular weight is 267 g/mol. The molecule has 1 nitrogen and oxygen atoms in total. The van der Waals surface area contributed by atoms with Crippen LogP contribution in [0.5, 0.6) is 0 Å². The number of aryl methyl sites for hydroxylation is 1. The van der Waals surface area contributed by atoms with Gasteiger partial charge >= 0.3 is 0 Å². The Morgan fingerprint density at radius 3 is 2.60 bits per heavy atom. The molecule has 0 aromatic heterocycles. The number of benzene rings is 1. The first-order valence-electron chi connectivity index (χ1n) is 5.63. The monoisotopic (exact) mass is 266 g/mol. The quantitative estimate of drug-likeness (QED) is 0.827. The van der Waals surface area contributed by atoms with Crippen LogP contribution >= 0.6 is 15.9 Å². The van der Waals surface area contributed by atoms with E-state index in [0.717, 1.165) is 10.0 Å². The van der Waals surface area contributed by atoms with Crippen molar-refractivity contribution >= 4 is 15.9 Å². The van der Waals surface area contributed by atoms with Gasteiger partial charge in [-0.2, -0.15) is 0 Å². The van der Waals surface area contributed by atoms with Crippen LogP contribution in [0.2, 0.25) is 0 Å². The van der Waals surface area contributed by atoms with Gasteiger partial charge in [0.25, 0.3) is 0 Å². The number of hydrogen-bond acceptors (Lipinski definition) is 1. The van der Waals surface area contributed by atoms with E-state index >= 15 is 0 Å². The Kier molecular flexibility index (Phi) is 2.02. The highest BCUT2D eigenvalue weighted by Gasteiger charge is 2.66. The summed E-state index contributed by atoms with van der Waals surface area (Å²) in [6.07, 6.45) is 3.70. The van der Waals surface area contributed by atoms with E-state index < -0.39 is 5.60 Å². The standard InChI is InChI=1S/C13H15BrO/c1-8-5-6-9(7-12(8)14)13(15)10-3-2-4-11(10)13/h5-7,10-11,15H,2-4H2,1H3. The molecule has 15 heavy (non-hydrogen) atoms. The molecule has 0 spiro atoms. The minimum atomic E-state index is -0.492. The number of rotatable bonds is 1. The van der Waals surface area contributed by atoms with Crippen molar-refractivity contribution in [2.75, 3.05) is 0 Å². The highest BCUT2D eigenvalue weighted by atomic mass is 79.9. The molecule has 1 aromatic carbocycles. The van der Waals surface area contributed by atoms with Crippen molar-refractivity contribution in [3.63, 3.8) is 0 Å². The lowest BCUT2D eigenvalue weighted by molar-refractivity contribution is 0.105. The molecule has 2 unspecified atom stereocenters. The summed E-state index contributed by atoms with van der Waals surface area (Å²) < 4.78 is 1.11. The predicted octanol–water partition coefficient (Wildman–Crippen LogP) is 3.38. The molecule has 0 amide bonds. The zero-order chi connectivity index (χ0) is 10.6. The van der Waals surface area contributed by atoms with E-state index in [1.54, 1.807) is 0 Å². The molecule has 2 heteroatoms. The molecule has 1 aromatic rings. The van der Waals surface area contributed by atoms with E-state index in [0.29, 0.717) is 11.8 Å². The highest BCUT2D eigenvalue weighted by molar-refractivity contribution is 9.10. The summed E-state index contributed by atoms with van der Waals surface area (Å²) in [4.78, 5) is 0. The van der Waals surface area contributed by atoms with Gasteiger partial charge in [-0.05, 0) is 48.8 Å². The van der Waals surface area contributed by atoms with Gasteiger partial charge in [0.15, 0.2) is 0 Å². The van der Waals surface area contributed by atoms with E-state index in [1.165, 1.54) is 24.8 Å². The lowest BCUT2D eigenvalue weighted by atomic mass is 9.98. The lowest BCUT2D eigenvalue weighted by Gasteiger charge is -2.15. The second-order valence-corrected chi connectivity index (χ2v) is 5.79. The molecule has 0 radical (unpaired) electrons. The number of halogens is 1. The Morgan fingerprint density at radius 2 is 2.00 bits per heavy atom. The van der Waals surface area contributed by atoms with Gasteiger partial charge in [-0.25, -0.2) is 0 Å². The van der Waals surface area contributed by atoms with E-state index in [9.17, 15) is 5.11 Å². The van der Waals surface area contributed by atoms with Crippen LogP contribution < -0.4 is 0 Å². The van der Waals surface area contributed by atoms with Gasteiger partial charge < -0.3 is 5.11 Å². The maximum Gasteiger partial charge on any atom is 0.0960 e. The minimum absolute atomic E-state index is 0.492. The molecule has 2 aliphatic carbocycles. The number of hydrogen-bond donors (Lipinski definition) is 1. The topological polar surface area (TPSA) is 20.2 Å². The van der Waals surface area contributed by atoms with Crippen LogP contribution in [0.25, 0.3) is 0 Å². The van der Waals surface area contributed by atoms with Gasteiger partial charge in [0, 0.05) is 4.47 Å². The fraction of sp³-hybridized carbons (Fsp3) is 0.538. The maximum atomic E-state index is 10.6. The molecule has 0 heterocycles. The summed E-state index contributed by atoms with van der Waals surface area (Å²) in [5.74, 6) is 1.07.